The molecule has 4 heterocycles. The predicted molar refractivity (Wildman–Crippen MR) is 100 cm³/mol. The summed E-state index contributed by atoms with van der Waals surface area (Å²) in [6.45, 7) is 1.32. The van der Waals surface area contributed by atoms with Crippen molar-refractivity contribution in [3.63, 3.8) is 0 Å². The Labute approximate surface area is 163 Å². The van der Waals surface area contributed by atoms with Crippen molar-refractivity contribution in [2.24, 2.45) is 0 Å². The maximum absolute atomic E-state index is 11.7. The Bertz CT molecular complexity index is 1060. The number of likely N-dealkylation sites (tertiary alicyclic amines) is 1. The number of thiophene rings is 1. The maximum atomic E-state index is 11.7. The smallest absolute Gasteiger partial charge is 0.408 e. The number of fused-ring (bicyclic) bond motifs is 1. The van der Waals surface area contributed by atoms with Gasteiger partial charge >= 0.3 is 12.1 Å². The first-order valence-corrected chi connectivity index (χ1v) is 9.34. The molecule has 1 amide bonds. The quantitative estimate of drug-likeness (QED) is 0.685. The average molecular weight is 400 g/mol. The molecule has 3 aromatic rings. The Hall–Kier alpha value is -3.27. The van der Waals surface area contributed by atoms with Crippen LogP contribution < -0.4 is 4.74 Å². The number of aromatic nitrogens is 3. The molecule has 1 aliphatic rings. The van der Waals surface area contributed by atoms with Crippen molar-refractivity contribution in [3.8, 4) is 17.4 Å². The molecule has 144 valence electrons. The number of ether oxygens (including phenoxy) is 1. The topological polar surface area (TPSA) is 126 Å². The Balaban J connectivity index is 1.69. The Morgan fingerprint density at radius 2 is 2.11 bits per heavy atom. The van der Waals surface area contributed by atoms with E-state index in [9.17, 15) is 19.8 Å². The molecule has 28 heavy (non-hydrogen) atoms. The molecule has 0 saturated carbocycles. The van der Waals surface area contributed by atoms with Gasteiger partial charge < -0.3 is 14.9 Å². The molecule has 0 bridgehead atoms. The number of hydrogen-bond donors (Lipinski definition) is 2. The van der Waals surface area contributed by atoms with Crippen molar-refractivity contribution in [2.75, 3.05) is 6.54 Å². The Kier molecular flexibility index (Phi) is 4.34. The fourth-order valence-corrected chi connectivity index (χ4v) is 4.03. The molecular weight excluding hydrogens is 384 g/mol. The molecular formula is C18H16N4O5S. The van der Waals surface area contributed by atoms with Gasteiger partial charge in [0.15, 0.2) is 5.82 Å². The van der Waals surface area contributed by atoms with E-state index in [1.54, 1.807) is 18.3 Å². The normalized spacial score (nSPS) is 21.8. The summed E-state index contributed by atoms with van der Waals surface area (Å²) in [4.78, 5) is 38.0. The summed E-state index contributed by atoms with van der Waals surface area (Å²) in [6, 6.07) is 7.21. The van der Waals surface area contributed by atoms with Crippen molar-refractivity contribution in [1.82, 2.24) is 19.9 Å². The highest BCUT2D eigenvalue weighted by atomic mass is 32.1. The van der Waals surface area contributed by atoms with Crippen molar-refractivity contribution < 1.29 is 24.5 Å². The van der Waals surface area contributed by atoms with E-state index in [-0.39, 0.29) is 18.8 Å². The van der Waals surface area contributed by atoms with E-state index in [1.165, 1.54) is 18.3 Å². The molecule has 0 aliphatic carbocycles. The lowest BCUT2D eigenvalue weighted by Gasteiger charge is -2.27. The molecule has 0 radical (unpaired) electrons. The molecule has 1 fully saturated rings. The van der Waals surface area contributed by atoms with Gasteiger partial charge in [0, 0.05) is 12.6 Å². The lowest BCUT2D eigenvalue weighted by Crippen LogP contribution is -2.50. The summed E-state index contributed by atoms with van der Waals surface area (Å²) < 4.78 is 5.99. The highest BCUT2D eigenvalue weighted by Crippen LogP contribution is 2.35. The minimum Gasteiger partial charge on any atom is -0.480 e. The van der Waals surface area contributed by atoms with E-state index < -0.39 is 23.7 Å². The zero-order chi connectivity index (χ0) is 19.9. The summed E-state index contributed by atoms with van der Waals surface area (Å²) in [6.07, 6.45) is -0.290. The molecule has 3 aromatic heterocycles. The average Bonchev–Trinajstić information content (AvgIpc) is 3.27. The van der Waals surface area contributed by atoms with Crippen LogP contribution in [0.2, 0.25) is 0 Å². The summed E-state index contributed by atoms with van der Waals surface area (Å²) in [5.74, 6) is -0.532. The minimum absolute atomic E-state index is 0.0171. The molecule has 9 nitrogen and oxygen atoms in total. The van der Waals surface area contributed by atoms with E-state index in [4.69, 9.17) is 4.74 Å². The van der Waals surface area contributed by atoms with Gasteiger partial charge in [-0.05, 0) is 30.5 Å². The lowest BCUT2D eigenvalue weighted by molar-refractivity contribution is -0.147. The largest absolute Gasteiger partial charge is 0.480 e. The van der Waals surface area contributed by atoms with Gasteiger partial charge in [-0.1, -0.05) is 6.07 Å². The second kappa shape index (κ2) is 6.71. The van der Waals surface area contributed by atoms with E-state index >= 15 is 0 Å². The number of rotatable bonds is 4. The van der Waals surface area contributed by atoms with Crippen LogP contribution in [-0.2, 0) is 4.79 Å². The first kappa shape index (κ1) is 18.1. The highest BCUT2D eigenvalue weighted by molar-refractivity contribution is 7.16. The van der Waals surface area contributed by atoms with Crippen LogP contribution in [0.5, 0.6) is 5.88 Å². The molecule has 1 aliphatic heterocycles. The third kappa shape index (κ3) is 3.01. The van der Waals surface area contributed by atoms with Crippen LogP contribution >= 0.6 is 11.3 Å². The first-order valence-electron chi connectivity index (χ1n) is 8.46. The zero-order valence-electron chi connectivity index (χ0n) is 14.8. The first-order chi connectivity index (χ1) is 13.4. The Morgan fingerprint density at radius 3 is 2.75 bits per heavy atom. The zero-order valence-corrected chi connectivity index (χ0v) is 15.6. The van der Waals surface area contributed by atoms with Gasteiger partial charge in [0.2, 0.25) is 5.88 Å². The van der Waals surface area contributed by atoms with Crippen LogP contribution in [0, 0.1) is 0 Å². The second-order valence-corrected chi connectivity index (χ2v) is 7.52. The van der Waals surface area contributed by atoms with Gasteiger partial charge in [-0.25, -0.2) is 14.6 Å². The molecule has 1 saturated heterocycles. The van der Waals surface area contributed by atoms with Crippen LogP contribution in [0.3, 0.4) is 0 Å². The fraction of sp³-hybridized carbons (Fsp3) is 0.278. The molecule has 0 spiro atoms. The maximum Gasteiger partial charge on any atom is 0.408 e. The highest BCUT2D eigenvalue weighted by Gasteiger charge is 2.51. The molecule has 10 heteroatoms. The van der Waals surface area contributed by atoms with Gasteiger partial charge in [-0.3, -0.25) is 9.88 Å². The summed E-state index contributed by atoms with van der Waals surface area (Å²) in [5, 5.41) is 21.4. The molecule has 2 N–H and O–H groups in total. The third-order valence-electron chi connectivity index (χ3n) is 4.76. The van der Waals surface area contributed by atoms with Gasteiger partial charge in [0.1, 0.15) is 22.2 Å². The number of carboxylic acids is 1. The standard InChI is InChI=1S/C18H16N4O5S/c1-18(16(23)24)8-10(9-22(18)17(25)26)27-14-11-5-7-28-15(11)21-13(20-14)12-4-2-3-6-19-12/h2-7,10H,8-9H2,1H3,(H,23,24)(H,25,26). The number of aliphatic carboxylic acids is 1. The molecule has 0 aromatic carbocycles. The number of nitrogens with zero attached hydrogens (tertiary/aromatic N) is 4. The number of amides is 1. The number of hydrogen-bond acceptors (Lipinski definition) is 7. The van der Waals surface area contributed by atoms with Crippen LogP contribution in [0.15, 0.2) is 35.8 Å². The summed E-state index contributed by atoms with van der Waals surface area (Å²) in [7, 11) is 0. The number of carbonyl (C=O) groups is 2. The molecule has 4 rings (SSSR count). The summed E-state index contributed by atoms with van der Waals surface area (Å²) in [5.41, 5.74) is -0.974. The van der Waals surface area contributed by atoms with Gasteiger partial charge in [0.05, 0.1) is 11.9 Å². The molecule has 2 atom stereocenters. The van der Waals surface area contributed by atoms with Crippen LogP contribution in [0.25, 0.3) is 21.7 Å². The minimum atomic E-state index is -1.55. The van der Waals surface area contributed by atoms with E-state index in [0.717, 1.165) is 4.90 Å². The Morgan fingerprint density at radius 1 is 1.29 bits per heavy atom. The number of pyridine rings is 1. The second-order valence-electron chi connectivity index (χ2n) is 6.62. The predicted octanol–water partition coefficient (Wildman–Crippen LogP) is 2.73. The number of carboxylic acid groups (broad SMARTS) is 2. The van der Waals surface area contributed by atoms with Gasteiger partial charge in [0.25, 0.3) is 0 Å². The molecule has 2 unspecified atom stereocenters. The van der Waals surface area contributed by atoms with Crippen LogP contribution in [-0.4, -0.2) is 60.3 Å². The van der Waals surface area contributed by atoms with Gasteiger partial charge in [-0.2, -0.15) is 4.98 Å². The van der Waals surface area contributed by atoms with E-state index in [0.29, 0.717) is 21.7 Å². The van der Waals surface area contributed by atoms with Crippen molar-refractivity contribution >= 4 is 33.6 Å². The summed E-state index contributed by atoms with van der Waals surface area (Å²) >= 11 is 1.42. The van der Waals surface area contributed by atoms with Crippen molar-refractivity contribution in [1.29, 1.82) is 0 Å². The van der Waals surface area contributed by atoms with E-state index in [1.807, 2.05) is 17.5 Å². The monoisotopic (exact) mass is 400 g/mol. The van der Waals surface area contributed by atoms with Crippen molar-refractivity contribution in [2.45, 2.75) is 25.0 Å². The van der Waals surface area contributed by atoms with Crippen molar-refractivity contribution in [3.05, 3.63) is 35.8 Å². The third-order valence-corrected chi connectivity index (χ3v) is 5.57. The lowest BCUT2D eigenvalue weighted by atomic mass is 9.99. The van der Waals surface area contributed by atoms with Crippen LogP contribution in [0.1, 0.15) is 13.3 Å². The fourth-order valence-electron chi connectivity index (χ4n) is 3.28. The van der Waals surface area contributed by atoms with Crippen LogP contribution in [0.4, 0.5) is 4.79 Å². The SMILES string of the molecule is CC1(C(=O)O)CC(Oc2nc(-c3ccccn3)nc3sccc23)CN1C(=O)O. The van der Waals surface area contributed by atoms with E-state index in [2.05, 4.69) is 15.0 Å². The van der Waals surface area contributed by atoms with Gasteiger partial charge in [-0.15, -0.1) is 11.3 Å².